The second kappa shape index (κ2) is 6.05. The van der Waals surface area contributed by atoms with Crippen molar-refractivity contribution < 1.29 is 9.13 Å². The molecule has 4 nitrogen and oxygen atoms in total. The molecule has 0 aliphatic heterocycles. The highest BCUT2D eigenvalue weighted by Crippen LogP contribution is 2.20. The van der Waals surface area contributed by atoms with Gasteiger partial charge < -0.3 is 14.6 Å². The van der Waals surface area contributed by atoms with E-state index in [1.807, 2.05) is 10.8 Å². The number of aromatic nitrogens is 2. The number of benzene rings is 1. The first-order valence-corrected chi connectivity index (χ1v) is 5.83. The second-order valence-corrected chi connectivity index (χ2v) is 3.93. The number of ether oxygens (including phenoxy) is 1. The van der Waals surface area contributed by atoms with Crippen molar-refractivity contribution >= 4 is 5.69 Å². The summed E-state index contributed by atoms with van der Waals surface area (Å²) in [6.45, 7) is 1.68. The van der Waals surface area contributed by atoms with E-state index in [1.165, 1.54) is 13.2 Å². The van der Waals surface area contributed by atoms with Crippen LogP contribution in [0.2, 0.25) is 0 Å². The normalized spacial score (nSPS) is 10.3. The Bertz CT molecular complexity index is 485. The molecular weight excluding hydrogens is 233 g/mol. The Kier molecular flexibility index (Phi) is 4.17. The number of nitrogens with zero attached hydrogens (tertiary/aromatic N) is 2. The largest absolute Gasteiger partial charge is 0.494 e. The zero-order chi connectivity index (χ0) is 12.8. The molecule has 1 N–H and O–H groups in total. The van der Waals surface area contributed by atoms with Crippen LogP contribution in [0.25, 0.3) is 0 Å². The van der Waals surface area contributed by atoms with Gasteiger partial charge in [0, 0.05) is 37.2 Å². The lowest BCUT2D eigenvalue weighted by molar-refractivity contribution is 0.386. The average Bonchev–Trinajstić information content (AvgIpc) is 2.88. The Morgan fingerprint density at radius 1 is 1.44 bits per heavy atom. The molecule has 0 saturated carbocycles. The molecule has 0 amide bonds. The molecule has 18 heavy (non-hydrogen) atoms. The molecule has 0 aliphatic rings. The van der Waals surface area contributed by atoms with Crippen molar-refractivity contribution in [2.75, 3.05) is 19.0 Å². The van der Waals surface area contributed by atoms with E-state index in [9.17, 15) is 4.39 Å². The first kappa shape index (κ1) is 12.4. The topological polar surface area (TPSA) is 39.1 Å². The van der Waals surface area contributed by atoms with E-state index in [1.54, 1.807) is 24.7 Å². The minimum absolute atomic E-state index is 0.263. The number of methoxy groups -OCH3 is 1. The highest BCUT2D eigenvalue weighted by molar-refractivity contribution is 5.47. The van der Waals surface area contributed by atoms with Crippen LogP contribution in [-0.4, -0.2) is 23.2 Å². The van der Waals surface area contributed by atoms with Crippen LogP contribution >= 0.6 is 0 Å². The van der Waals surface area contributed by atoms with Gasteiger partial charge in [0.15, 0.2) is 11.6 Å². The van der Waals surface area contributed by atoms with Crippen LogP contribution in [0.15, 0.2) is 36.9 Å². The lowest BCUT2D eigenvalue weighted by Gasteiger charge is -2.08. The molecule has 2 aromatic rings. The van der Waals surface area contributed by atoms with Gasteiger partial charge in [0.25, 0.3) is 0 Å². The summed E-state index contributed by atoms with van der Waals surface area (Å²) < 4.78 is 20.3. The van der Waals surface area contributed by atoms with Gasteiger partial charge >= 0.3 is 0 Å². The molecule has 1 aromatic carbocycles. The fraction of sp³-hybridized carbons (Fsp3) is 0.308. The lowest BCUT2D eigenvalue weighted by Crippen LogP contribution is -2.06. The molecule has 0 saturated heterocycles. The number of aryl methyl sites for hydroxylation is 1. The molecule has 0 bridgehead atoms. The molecular formula is C13H16FN3O. The fourth-order valence-electron chi connectivity index (χ4n) is 1.69. The van der Waals surface area contributed by atoms with Crippen molar-refractivity contribution in [3.05, 3.63) is 42.7 Å². The van der Waals surface area contributed by atoms with Crippen molar-refractivity contribution in [3.63, 3.8) is 0 Å². The van der Waals surface area contributed by atoms with E-state index in [0.29, 0.717) is 0 Å². The van der Waals surface area contributed by atoms with Crippen molar-refractivity contribution in [1.29, 1.82) is 0 Å². The van der Waals surface area contributed by atoms with Crippen LogP contribution in [0.3, 0.4) is 0 Å². The molecule has 0 fully saturated rings. The van der Waals surface area contributed by atoms with Gasteiger partial charge in [-0.2, -0.15) is 0 Å². The molecule has 5 heteroatoms. The third-order valence-electron chi connectivity index (χ3n) is 2.63. The lowest BCUT2D eigenvalue weighted by atomic mass is 10.3. The van der Waals surface area contributed by atoms with Gasteiger partial charge in [0.1, 0.15) is 0 Å². The number of anilines is 1. The summed E-state index contributed by atoms with van der Waals surface area (Å²) in [6, 6.07) is 4.86. The minimum Gasteiger partial charge on any atom is -0.494 e. The van der Waals surface area contributed by atoms with Crippen molar-refractivity contribution in [2.24, 2.45) is 0 Å². The number of hydrogen-bond acceptors (Lipinski definition) is 3. The molecule has 0 aliphatic carbocycles. The van der Waals surface area contributed by atoms with Gasteiger partial charge in [0.05, 0.1) is 13.4 Å². The highest BCUT2D eigenvalue weighted by atomic mass is 19.1. The van der Waals surface area contributed by atoms with E-state index in [-0.39, 0.29) is 11.6 Å². The summed E-state index contributed by atoms with van der Waals surface area (Å²) in [6.07, 6.45) is 6.41. The molecule has 96 valence electrons. The minimum atomic E-state index is -0.350. The third kappa shape index (κ3) is 3.23. The molecule has 1 aromatic heterocycles. The van der Waals surface area contributed by atoms with Crippen LogP contribution in [0.5, 0.6) is 5.75 Å². The Labute approximate surface area is 105 Å². The Morgan fingerprint density at radius 2 is 2.33 bits per heavy atom. The summed E-state index contributed by atoms with van der Waals surface area (Å²) in [5.41, 5.74) is 0.763. The maximum absolute atomic E-state index is 13.4. The van der Waals surface area contributed by atoms with E-state index in [4.69, 9.17) is 4.74 Å². The van der Waals surface area contributed by atoms with E-state index in [2.05, 4.69) is 10.3 Å². The Hall–Kier alpha value is -2.04. The number of rotatable bonds is 6. The van der Waals surface area contributed by atoms with Crippen LogP contribution in [0.1, 0.15) is 6.42 Å². The van der Waals surface area contributed by atoms with Gasteiger partial charge in [-0.3, -0.25) is 0 Å². The maximum atomic E-state index is 13.4. The standard InChI is InChI=1S/C13H16FN3O/c1-18-13-4-3-11(9-12(13)14)16-5-2-7-17-8-6-15-10-17/h3-4,6,8-10,16H,2,5,7H2,1H3. The van der Waals surface area contributed by atoms with Crippen LogP contribution in [-0.2, 0) is 6.54 Å². The molecule has 0 spiro atoms. The summed E-state index contributed by atoms with van der Waals surface area (Å²) in [4.78, 5) is 3.97. The van der Waals surface area contributed by atoms with Gasteiger partial charge in [-0.15, -0.1) is 0 Å². The van der Waals surface area contributed by atoms with Crippen molar-refractivity contribution in [2.45, 2.75) is 13.0 Å². The predicted molar refractivity (Wildman–Crippen MR) is 68.3 cm³/mol. The number of nitrogens with one attached hydrogen (secondary N) is 1. The smallest absolute Gasteiger partial charge is 0.167 e. The van der Waals surface area contributed by atoms with Gasteiger partial charge in [0.2, 0.25) is 0 Å². The fourth-order valence-corrected chi connectivity index (χ4v) is 1.69. The number of imidazole rings is 1. The Morgan fingerprint density at radius 3 is 3.00 bits per heavy atom. The molecule has 1 heterocycles. The van der Waals surface area contributed by atoms with Crippen molar-refractivity contribution in [1.82, 2.24) is 9.55 Å². The SMILES string of the molecule is COc1ccc(NCCCn2ccnc2)cc1F. The van der Waals surface area contributed by atoms with Crippen LogP contribution in [0, 0.1) is 5.82 Å². The third-order valence-corrected chi connectivity index (χ3v) is 2.63. The second-order valence-electron chi connectivity index (χ2n) is 3.93. The van der Waals surface area contributed by atoms with E-state index >= 15 is 0 Å². The maximum Gasteiger partial charge on any atom is 0.167 e. The number of halogens is 1. The van der Waals surface area contributed by atoms with Gasteiger partial charge in [-0.1, -0.05) is 0 Å². The first-order valence-electron chi connectivity index (χ1n) is 5.83. The summed E-state index contributed by atoms with van der Waals surface area (Å²) in [5, 5.41) is 3.17. The zero-order valence-corrected chi connectivity index (χ0v) is 10.3. The summed E-state index contributed by atoms with van der Waals surface area (Å²) in [5.74, 6) is -0.0870. The van der Waals surface area contributed by atoms with Gasteiger partial charge in [-0.25, -0.2) is 9.37 Å². The zero-order valence-electron chi connectivity index (χ0n) is 10.3. The Balaban J connectivity index is 1.78. The first-order chi connectivity index (χ1) is 8.79. The van der Waals surface area contributed by atoms with E-state index < -0.39 is 0 Å². The predicted octanol–water partition coefficient (Wildman–Crippen LogP) is 2.53. The monoisotopic (exact) mass is 249 g/mol. The summed E-state index contributed by atoms with van der Waals surface area (Å²) in [7, 11) is 1.45. The quantitative estimate of drug-likeness (QED) is 0.800. The average molecular weight is 249 g/mol. The van der Waals surface area contributed by atoms with Crippen LogP contribution in [0.4, 0.5) is 10.1 Å². The highest BCUT2D eigenvalue weighted by Gasteiger charge is 2.02. The summed E-state index contributed by atoms with van der Waals surface area (Å²) >= 11 is 0. The molecule has 0 radical (unpaired) electrons. The molecule has 0 unspecified atom stereocenters. The van der Waals surface area contributed by atoms with E-state index in [0.717, 1.165) is 25.2 Å². The number of hydrogen-bond donors (Lipinski definition) is 1. The van der Waals surface area contributed by atoms with Crippen molar-refractivity contribution in [3.8, 4) is 5.75 Å². The van der Waals surface area contributed by atoms with Gasteiger partial charge in [-0.05, 0) is 18.6 Å². The molecule has 2 rings (SSSR count). The molecule has 0 atom stereocenters. The van der Waals surface area contributed by atoms with Crippen LogP contribution < -0.4 is 10.1 Å².